The van der Waals surface area contributed by atoms with Crippen LogP contribution in [0.3, 0.4) is 0 Å². The zero-order valence-electron chi connectivity index (χ0n) is 12.1. The number of aromatic nitrogens is 2. The van der Waals surface area contributed by atoms with Crippen molar-refractivity contribution in [3.63, 3.8) is 0 Å². The van der Waals surface area contributed by atoms with Crippen molar-refractivity contribution in [3.05, 3.63) is 18.0 Å². The highest BCUT2D eigenvalue weighted by atomic mass is 15.3. The van der Waals surface area contributed by atoms with Crippen LogP contribution in [0.4, 0.5) is 0 Å². The van der Waals surface area contributed by atoms with Gasteiger partial charge in [-0.1, -0.05) is 0 Å². The Morgan fingerprint density at radius 3 is 2.26 bits per heavy atom. The first kappa shape index (κ1) is 13.1. The van der Waals surface area contributed by atoms with Gasteiger partial charge in [-0.15, -0.1) is 0 Å². The molecule has 4 heteroatoms. The summed E-state index contributed by atoms with van der Waals surface area (Å²) >= 11 is 0. The molecule has 2 atom stereocenters. The lowest BCUT2D eigenvalue weighted by Crippen LogP contribution is -2.41. The van der Waals surface area contributed by atoms with Crippen LogP contribution in [0.25, 0.3) is 0 Å². The molecule has 2 saturated carbocycles. The third-order valence-electron chi connectivity index (χ3n) is 4.34. The van der Waals surface area contributed by atoms with Crippen LogP contribution in [0.1, 0.15) is 44.2 Å². The Bertz CT molecular complexity index is 404. The van der Waals surface area contributed by atoms with Crippen molar-refractivity contribution < 1.29 is 0 Å². The minimum absolute atomic E-state index is 0.154. The van der Waals surface area contributed by atoms with Crippen molar-refractivity contribution in [2.24, 2.45) is 24.6 Å². The molecule has 106 valence electrons. The molecule has 2 aliphatic rings. The molecule has 2 unspecified atom stereocenters. The lowest BCUT2D eigenvalue weighted by molar-refractivity contribution is 0.161. The number of hydrogen-bond acceptors (Lipinski definition) is 3. The fourth-order valence-electron chi connectivity index (χ4n) is 3.01. The molecule has 0 aliphatic heterocycles. The summed E-state index contributed by atoms with van der Waals surface area (Å²) in [6.07, 6.45) is 9.72. The Labute approximate surface area is 116 Å². The third kappa shape index (κ3) is 3.37. The fourth-order valence-corrected chi connectivity index (χ4v) is 3.01. The van der Waals surface area contributed by atoms with Crippen LogP contribution < -0.4 is 5.73 Å². The molecule has 0 radical (unpaired) electrons. The topological polar surface area (TPSA) is 47.1 Å². The molecule has 0 amide bonds. The second kappa shape index (κ2) is 5.25. The maximum absolute atomic E-state index is 6.29. The van der Waals surface area contributed by atoms with E-state index in [1.165, 1.54) is 44.3 Å². The second-order valence-corrected chi connectivity index (χ2v) is 6.59. The maximum Gasteiger partial charge on any atom is 0.0538 e. The summed E-state index contributed by atoms with van der Waals surface area (Å²) in [5, 5.41) is 4.33. The quantitative estimate of drug-likeness (QED) is 0.817. The van der Waals surface area contributed by atoms with E-state index in [-0.39, 0.29) is 6.04 Å². The van der Waals surface area contributed by atoms with Gasteiger partial charge in [-0.3, -0.25) is 9.58 Å². The van der Waals surface area contributed by atoms with Crippen LogP contribution in [0.5, 0.6) is 0 Å². The van der Waals surface area contributed by atoms with Crippen LogP contribution in [0.15, 0.2) is 12.4 Å². The standard InChI is InChI=1S/C15H26N4/c1-11(16)15(14-7-17-18(2)10-14)19(8-12-3-4-12)9-13-5-6-13/h7,10-13,15H,3-6,8-9,16H2,1-2H3. The third-order valence-corrected chi connectivity index (χ3v) is 4.34. The van der Waals surface area contributed by atoms with Gasteiger partial charge in [0.05, 0.1) is 12.2 Å². The van der Waals surface area contributed by atoms with Crippen LogP contribution in [0.2, 0.25) is 0 Å². The first-order valence-corrected chi connectivity index (χ1v) is 7.61. The summed E-state index contributed by atoms with van der Waals surface area (Å²) in [5.41, 5.74) is 7.57. The van der Waals surface area contributed by atoms with E-state index in [2.05, 4.69) is 23.1 Å². The molecule has 1 aromatic rings. The summed E-state index contributed by atoms with van der Waals surface area (Å²) in [7, 11) is 1.98. The Kier molecular flexibility index (Phi) is 3.63. The van der Waals surface area contributed by atoms with Gasteiger partial charge in [0, 0.05) is 37.9 Å². The zero-order chi connectivity index (χ0) is 13.4. The first-order valence-electron chi connectivity index (χ1n) is 7.61. The van der Waals surface area contributed by atoms with Gasteiger partial charge in [-0.2, -0.15) is 5.10 Å². The molecular weight excluding hydrogens is 236 g/mol. The molecule has 2 N–H and O–H groups in total. The van der Waals surface area contributed by atoms with E-state index in [0.717, 1.165) is 11.8 Å². The van der Waals surface area contributed by atoms with Gasteiger partial charge in [0.2, 0.25) is 0 Å². The lowest BCUT2D eigenvalue weighted by atomic mass is 10.0. The molecule has 3 rings (SSSR count). The van der Waals surface area contributed by atoms with Crippen molar-refractivity contribution in [1.82, 2.24) is 14.7 Å². The van der Waals surface area contributed by atoms with Gasteiger partial charge in [0.25, 0.3) is 0 Å². The largest absolute Gasteiger partial charge is 0.326 e. The maximum atomic E-state index is 6.29. The molecule has 1 heterocycles. The van der Waals surface area contributed by atoms with Gasteiger partial charge < -0.3 is 5.73 Å². The van der Waals surface area contributed by atoms with E-state index in [1.54, 1.807) is 0 Å². The number of rotatable bonds is 7. The normalized spacial score (nSPS) is 22.7. The second-order valence-electron chi connectivity index (χ2n) is 6.59. The molecule has 0 aromatic carbocycles. The van der Waals surface area contributed by atoms with E-state index < -0.39 is 0 Å². The Hall–Kier alpha value is -0.870. The molecule has 0 saturated heterocycles. The minimum Gasteiger partial charge on any atom is -0.326 e. The summed E-state index contributed by atoms with van der Waals surface area (Å²) < 4.78 is 1.89. The summed E-state index contributed by atoms with van der Waals surface area (Å²) in [4.78, 5) is 2.64. The molecule has 0 bridgehead atoms. The molecule has 0 spiro atoms. The van der Waals surface area contributed by atoms with Crippen LogP contribution in [0, 0.1) is 11.8 Å². The monoisotopic (exact) mass is 262 g/mol. The SMILES string of the molecule is CC(N)C(c1cnn(C)c1)N(CC1CC1)CC1CC1. The van der Waals surface area contributed by atoms with E-state index in [0.29, 0.717) is 6.04 Å². The van der Waals surface area contributed by atoms with E-state index in [9.17, 15) is 0 Å². The predicted octanol–water partition coefficient (Wildman–Crippen LogP) is 1.93. The zero-order valence-corrected chi connectivity index (χ0v) is 12.1. The molecule has 2 fully saturated rings. The van der Waals surface area contributed by atoms with E-state index in [4.69, 9.17) is 5.73 Å². The van der Waals surface area contributed by atoms with Crippen molar-refractivity contribution in [3.8, 4) is 0 Å². The molecule has 2 aliphatic carbocycles. The Morgan fingerprint density at radius 2 is 1.89 bits per heavy atom. The summed E-state index contributed by atoms with van der Waals surface area (Å²) in [6, 6.07) is 0.483. The summed E-state index contributed by atoms with van der Waals surface area (Å²) in [6.45, 7) is 4.57. The van der Waals surface area contributed by atoms with Crippen LogP contribution >= 0.6 is 0 Å². The number of aryl methyl sites for hydroxylation is 1. The van der Waals surface area contributed by atoms with Crippen LogP contribution in [-0.2, 0) is 7.05 Å². The number of hydrogen-bond donors (Lipinski definition) is 1. The van der Waals surface area contributed by atoms with Crippen molar-refractivity contribution >= 4 is 0 Å². The minimum atomic E-state index is 0.154. The Morgan fingerprint density at radius 1 is 1.32 bits per heavy atom. The number of nitrogens with two attached hydrogens (primary N) is 1. The first-order chi connectivity index (χ1) is 9.13. The van der Waals surface area contributed by atoms with Gasteiger partial charge in [0.15, 0.2) is 0 Å². The van der Waals surface area contributed by atoms with Crippen molar-refractivity contribution in [1.29, 1.82) is 0 Å². The molecular formula is C15H26N4. The lowest BCUT2D eigenvalue weighted by Gasteiger charge is -2.34. The van der Waals surface area contributed by atoms with Gasteiger partial charge in [-0.05, 0) is 44.4 Å². The fraction of sp³-hybridized carbons (Fsp3) is 0.800. The van der Waals surface area contributed by atoms with Gasteiger partial charge in [-0.25, -0.2) is 0 Å². The van der Waals surface area contributed by atoms with E-state index >= 15 is 0 Å². The van der Waals surface area contributed by atoms with E-state index in [1.807, 2.05) is 17.9 Å². The van der Waals surface area contributed by atoms with Crippen molar-refractivity contribution in [2.45, 2.75) is 44.7 Å². The van der Waals surface area contributed by atoms with Crippen molar-refractivity contribution in [2.75, 3.05) is 13.1 Å². The highest BCUT2D eigenvalue weighted by Crippen LogP contribution is 2.37. The summed E-state index contributed by atoms with van der Waals surface area (Å²) in [5.74, 6) is 1.83. The molecule has 19 heavy (non-hydrogen) atoms. The van der Waals surface area contributed by atoms with Crippen LogP contribution in [-0.4, -0.2) is 33.8 Å². The smallest absolute Gasteiger partial charge is 0.0538 e. The Balaban J connectivity index is 1.77. The predicted molar refractivity (Wildman–Crippen MR) is 76.6 cm³/mol. The highest BCUT2D eigenvalue weighted by molar-refractivity contribution is 5.13. The highest BCUT2D eigenvalue weighted by Gasteiger charge is 2.34. The average molecular weight is 262 g/mol. The van der Waals surface area contributed by atoms with Gasteiger partial charge in [0.1, 0.15) is 0 Å². The number of nitrogens with zero attached hydrogens (tertiary/aromatic N) is 3. The average Bonchev–Trinajstić information content (AvgIpc) is 3.24. The van der Waals surface area contributed by atoms with Gasteiger partial charge >= 0.3 is 0 Å². The molecule has 4 nitrogen and oxygen atoms in total. The molecule has 1 aromatic heterocycles.